The molecule has 8 heteroatoms. The first kappa shape index (κ1) is 26.1. The van der Waals surface area contributed by atoms with Gasteiger partial charge in [0.05, 0.1) is 31.4 Å². The van der Waals surface area contributed by atoms with Crippen molar-refractivity contribution in [3.8, 4) is 11.1 Å². The number of rotatable bonds is 10. The minimum absolute atomic E-state index is 0.0704. The molecule has 0 spiro atoms. The van der Waals surface area contributed by atoms with Gasteiger partial charge in [0.2, 0.25) is 5.91 Å². The molecule has 0 aliphatic heterocycles. The Morgan fingerprint density at radius 3 is 2.44 bits per heavy atom. The second kappa shape index (κ2) is 12.2. The van der Waals surface area contributed by atoms with Gasteiger partial charge in [0.25, 0.3) is 0 Å². The Balaban J connectivity index is 1.61. The molecule has 184 valence electrons. The smallest absolute Gasteiger partial charge is 0.339 e. The second-order valence-electron chi connectivity index (χ2n) is 8.99. The summed E-state index contributed by atoms with van der Waals surface area (Å²) in [5.74, 6) is -0.618. The number of ether oxygens (including phenoxy) is 1. The Morgan fingerprint density at radius 2 is 1.79 bits per heavy atom. The fourth-order valence-electron chi connectivity index (χ4n) is 4.23. The number of esters is 1. The van der Waals surface area contributed by atoms with Crippen LogP contribution in [0.2, 0.25) is 0 Å². The van der Waals surface area contributed by atoms with E-state index in [4.69, 9.17) is 4.74 Å². The van der Waals surface area contributed by atoms with Crippen LogP contribution in [0.4, 0.5) is 0 Å². The molecular weight excluding hydrogens is 452 g/mol. The van der Waals surface area contributed by atoms with Crippen LogP contribution in [-0.4, -0.2) is 66.6 Å². The van der Waals surface area contributed by atoms with Crippen molar-refractivity contribution in [1.29, 1.82) is 0 Å². The van der Waals surface area contributed by atoms with Gasteiger partial charge >= 0.3 is 5.97 Å². The van der Waals surface area contributed by atoms with Gasteiger partial charge in [-0.3, -0.25) is 14.5 Å². The maximum atomic E-state index is 12.8. The summed E-state index contributed by atoms with van der Waals surface area (Å²) in [7, 11) is 1.74. The molecule has 1 aromatic heterocycles. The van der Waals surface area contributed by atoms with Gasteiger partial charge in [0.15, 0.2) is 5.78 Å². The Labute approximate surface area is 205 Å². The van der Waals surface area contributed by atoms with Gasteiger partial charge in [-0.2, -0.15) is 0 Å². The predicted molar refractivity (Wildman–Crippen MR) is 133 cm³/mol. The number of amides is 1. The van der Waals surface area contributed by atoms with Gasteiger partial charge in [0, 0.05) is 22.9 Å². The summed E-state index contributed by atoms with van der Waals surface area (Å²) < 4.78 is 5.28. The third-order valence-corrected chi connectivity index (χ3v) is 6.98. The highest BCUT2D eigenvalue weighted by Crippen LogP contribution is 2.33. The SMILES string of the molecule is CCOC(=O)c1c(-c2ccc(C)cc2)csc1CC(=O)CN(C)CC(=O)NC1CCC(O)CC1. The first-order chi connectivity index (χ1) is 16.3. The first-order valence-electron chi connectivity index (χ1n) is 11.8. The topological polar surface area (TPSA) is 95.9 Å². The van der Waals surface area contributed by atoms with E-state index in [-0.39, 0.29) is 50.0 Å². The standard InChI is InChI=1S/C26H34N2O5S/c1-4-33-26(32)25-22(18-7-5-17(2)6-8-18)16-34-23(25)13-21(30)14-28(3)15-24(31)27-19-9-11-20(29)12-10-19/h5-8,16,19-20,29H,4,9-15H2,1-3H3,(H,27,31). The van der Waals surface area contributed by atoms with Crippen molar-refractivity contribution in [3.63, 3.8) is 0 Å². The van der Waals surface area contributed by atoms with E-state index in [0.29, 0.717) is 23.3 Å². The highest BCUT2D eigenvalue weighted by Gasteiger charge is 2.24. The molecule has 7 nitrogen and oxygen atoms in total. The number of benzene rings is 1. The van der Waals surface area contributed by atoms with Gasteiger partial charge in [-0.1, -0.05) is 29.8 Å². The zero-order valence-electron chi connectivity index (χ0n) is 20.1. The van der Waals surface area contributed by atoms with Crippen molar-refractivity contribution >= 4 is 29.0 Å². The number of nitrogens with one attached hydrogen (secondary N) is 1. The number of hydrogen-bond acceptors (Lipinski definition) is 7. The van der Waals surface area contributed by atoms with Crippen LogP contribution in [0.3, 0.4) is 0 Å². The summed E-state index contributed by atoms with van der Waals surface area (Å²) in [6, 6.07) is 7.99. The highest BCUT2D eigenvalue weighted by molar-refractivity contribution is 7.11. The summed E-state index contributed by atoms with van der Waals surface area (Å²) >= 11 is 1.38. The number of aliphatic hydroxyl groups excluding tert-OH is 1. The van der Waals surface area contributed by atoms with E-state index in [1.807, 2.05) is 36.6 Å². The van der Waals surface area contributed by atoms with Gasteiger partial charge < -0.3 is 15.2 Å². The number of ketones is 1. The lowest BCUT2D eigenvalue weighted by molar-refractivity contribution is -0.124. The molecule has 0 radical (unpaired) electrons. The quantitative estimate of drug-likeness (QED) is 0.500. The summed E-state index contributed by atoms with van der Waals surface area (Å²) in [6.07, 6.45) is 2.79. The molecule has 1 amide bonds. The summed E-state index contributed by atoms with van der Waals surface area (Å²) in [4.78, 5) is 40.3. The molecule has 0 unspecified atom stereocenters. The first-order valence-corrected chi connectivity index (χ1v) is 12.7. The molecule has 1 saturated carbocycles. The molecule has 1 aromatic carbocycles. The maximum absolute atomic E-state index is 12.8. The van der Waals surface area contributed by atoms with Crippen LogP contribution in [0.15, 0.2) is 29.6 Å². The lowest BCUT2D eigenvalue weighted by Gasteiger charge is -2.27. The van der Waals surface area contributed by atoms with Crippen LogP contribution in [0.25, 0.3) is 11.1 Å². The fraction of sp³-hybridized carbons (Fsp3) is 0.500. The number of carbonyl (C=O) groups is 3. The summed E-state index contributed by atoms with van der Waals surface area (Å²) in [6.45, 7) is 4.25. The molecule has 2 aromatic rings. The molecule has 1 fully saturated rings. The van der Waals surface area contributed by atoms with Crippen molar-refractivity contribution in [1.82, 2.24) is 10.2 Å². The molecule has 0 bridgehead atoms. The Bertz CT molecular complexity index is 993. The summed E-state index contributed by atoms with van der Waals surface area (Å²) in [5.41, 5.74) is 3.26. The zero-order valence-corrected chi connectivity index (χ0v) is 21.0. The third-order valence-electron chi connectivity index (χ3n) is 5.99. The van der Waals surface area contributed by atoms with Gasteiger partial charge in [-0.25, -0.2) is 4.79 Å². The van der Waals surface area contributed by atoms with Crippen molar-refractivity contribution in [2.24, 2.45) is 0 Å². The number of likely N-dealkylation sites (N-methyl/N-ethyl adjacent to an activating group) is 1. The maximum Gasteiger partial charge on any atom is 0.339 e. The van der Waals surface area contributed by atoms with Crippen molar-refractivity contribution in [3.05, 3.63) is 45.6 Å². The van der Waals surface area contributed by atoms with E-state index >= 15 is 0 Å². The highest BCUT2D eigenvalue weighted by atomic mass is 32.1. The third kappa shape index (κ3) is 7.22. The molecule has 1 aliphatic rings. The average molecular weight is 487 g/mol. The van der Waals surface area contributed by atoms with E-state index in [2.05, 4.69) is 5.32 Å². The van der Waals surface area contributed by atoms with Crippen LogP contribution < -0.4 is 5.32 Å². The van der Waals surface area contributed by atoms with E-state index in [9.17, 15) is 19.5 Å². The van der Waals surface area contributed by atoms with Crippen LogP contribution >= 0.6 is 11.3 Å². The molecule has 2 N–H and O–H groups in total. The number of aliphatic hydroxyl groups is 1. The normalized spacial score (nSPS) is 18.0. The fourth-order valence-corrected chi connectivity index (χ4v) is 5.30. The number of carbonyl (C=O) groups excluding carboxylic acids is 3. The van der Waals surface area contributed by atoms with Crippen molar-refractivity contribution in [2.75, 3.05) is 26.7 Å². The van der Waals surface area contributed by atoms with Crippen LogP contribution in [-0.2, 0) is 20.7 Å². The molecule has 1 heterocycles. The number of thiophene rings is 1. The molecule has 0 atom stereocenters. The largest absolute Gasteiger partial charge is 0.462 e. The van der Waals surface area contributed by atoms with Crippen LogP contribution in [0.5, 0.6) is 0 Å². The number of nitrogens with zero attached hydrogens (tertiary/aromatic N) is 1. The van der Waals surface area contributed by atoms with Gasteiger partial charge in [-0.15, -0.1) is 11.3 Å². The monoisotopic (exact) mass is 486 g/mol. The number of aryl methyl sites for hydroxylation is 1. The van der Waals surface area contributed by atoms with E-state index < -0.39 is 5.97 Å². The lowest BCUT2D eigenvalue weighted by atomic mass is 9.93. The van der Waals surface area contributed by atoms with Crippen LogP contribution in [0, 0.1) is 6.92 Å². The van der Waals surface area contributed by atoms with E-state index in [1.54, 1.807) is 18.9 Å². The Morgan fingerprint density at radius 1 is 1.12 bits per heavy atom. The molecule has 0 saturated heterocycles. The molecule has 34 heavy (non-hydrogen) atoms. The Kier molecular flexibility index (Phi) is 9.38. The van der Waals surface area contributed by atoms with E-state index in [0.717, 1.165) is 29.5 Å². The predicted octanol–water partition coefficient (Wildman–Crippen LogP) is 3.36. The van der Waals surface area contributed by atoms with Gasteiger partial charge in [0.1, 0.15) is 0 Å². The average Bonchev–Trinajstić information content (AvgIpc) is 3.19. The minimum Gasteiger partial charge on any atom is -0.462 e. The Hall–Kier alpha value is -2.55. The summed E-state index contributed by atoms with van der Waals surface area (Å²) in [5, 5.41) is 14.5. The lowest BCUT2D eigenvalue weighted by Crippen LogP contribution is -2.44. The van der Waals surface area contributed by atoms with Crippen molar-refractivity contribution < 1.29 is 24.2 Å². The number of hydrogen-bond donors (Lipinski definition) is 2. The molecule has 1 aliphatic carbocycles. The van der Waals surface area contributed by atoms with Gasteiger partial charge in [-0.05, 0) is 57.5 Å². The second-order valence-corrected chi connectivity index (χ2v) is 9.96. The number of Topliss-reactive ketones (excluding diaryl/α,β-unsaturated/α-hetero) is 1. The minimum atomic E-state index is -0.424. The zero-order chi connectivity index (χ0) is 24.7. The molecule has 3 rings (SSSR count). The van der Waals surface area contributed by atoms with Crippen molar-refractivity contribution in [2.45, 2.75) is 58.1 Å². The van der Waals surface area contributed by atoms with Crippen LogP contribution in [0.1, 0.15) is 53.4 Å². The molecular formula is C26H34N2O5S. The van der Waals surface area contributed by atoms with E-state index in [1.165, 1.54) is 11.3 Å².